The zero-order valence-corrected chi connectivity index (χ0v) is 12.8. The summed E-state index contributed by atoms with van der Waals surface area (Å²) in [5.74, 6) is -0.175. The number of nitrogens with one attached hydrogen (secondary N) is 2. The predicted octanol–water partition coefficient (Wildman–Crippen LogP) is -1.29. The highest BCUT2D eigenvalue weighted by Gasteiger charge is 2.11. The number of ketones is 1. The summed E-state index contributed by atoms with van der Waals surface area (Å²) in [5, 5.41) is 0. The van der Waals surface area contributed by atoms with E-state index in [2.05, 4.69) is 19.9 Å². The van der Waals surface area contributed by atoms with Crippen LogP contribution in [-0.2, 0) is 24.8 Å². The monoisotopic (exact) mass is 330 g/mol. The third kappa shape index (κ3) is 2.93. The van der Waals surface area contributed by atoms with Crippen molar-refractivity contribution in [2.24, 2.45) is 7.05 Å². The Hall–Kier alpha value is -3.30. The molecule has 3 aromatic heterocycles. The third-order valence-corrected chi connectivity index (χ3v) is 3.61. The number of aromatic amines is 2. The summed E-state index contributed by atoms with van der Waals surface area (Å²) in [6.45, 7) is 0.287. The fourth-order valence-corrected chi connectivity index (χ4v) is 2.34. The molecule has 10 heteroatoms. The number of hydrogen-bond acceptors (Lipinski definition) is 6. The van der Waals surface area contributed by atoms with Crippen LogP contribution in [0, 0.1) is 0 Å². The van der Waals surface area contributed by atoms with E-state index in [1.165, 1.54) is 30.5 Å². The Morgan fingerprint density at radius 1 is 1.21 bits per heavy atom. The van der Waals surface area contributed by atoms with Crippen LogP contribution in [0.2, 0.25) is 0 Å². The van der Waals surface area contributed by atoms with Crippen LogP contribution in [0.5, 0.6) is 0 Å². The highest BCUT2D eigenvalue weighted by molar-refractivity contribution is 5.80. The fourth-order valence-electron chi connectivity index (χ4n) is 2.34. The summed E-state index contributed by atoms with van der Waals surface area (Å²) in [7, 11) is 1.49. The van der Waals surface area contributed by atoms with Gasteiger partial charge in [-0.1, -0.05) is 0 Å². The second-order valence-corrected chi connectivity index (χ2v) is 5.33. The average molecular weight is 330 g/mol. The lowest BCUT2D eigenvalue weighted by molar-refractivity contribution is -0.118. The lowest BCUT2D eigenvalue weighted by Gasteiger charge is -2.04. The van der Waals surface area contributed by atoms with Crippen LogP contribution in [0.25, 0.3) is 11.2 Å². The number of imidazole rings is 1. The Morgan fingerprint density at radius 3 is 2.79 bits per heavy atom. The first kappa shape index (κ1) is 15.6. The molecule has 0 atom stereocenters. The van der Waals surface area contributed by atoms with Gasteiger partial charge in [-0.05, 0) is 0 Å². The Kier molecular flexibility index (Phi) is 3.94. The Bertz CT molecular complexity index is 1090. The van der Waals surface area contributed by atoms with Crippen LogP contribution in [0.15, 0.2) is 33.2 Å². The summed E-state index contributed by atoms with van der Waals surface area (Å²) in [4.78, 5) is 59.2. The highest BCUT2D eigenvalue weighted by atomic mass is 16.2. The maximum atomic E-state index is 12.1. The fraction of sp³-hybridized carbons (Fsp3) is 0.286. The van der Waals surface area contributed by atoms with E-state index in [1.54, 1.807) is 4.57 Å². The van der Waals surface area contributed by atoms with Crippen LogP contribution in [0.3, 0.4) is 0 Å². The van der Waals surface area contributed by atoms with E-state index >= 15 is 0 Å². The number of aryl methyl sites for hydroxylation is 2. The molecule has 3 rings (SSSR count). The molecule has 0 aliphatic heterocycles. The first-order valence-electron chi connectivity index (χ1n) is 7.15. The van der Waals surface area contributed by atoms with Gasteiger partial charge in [0.2, 0.25) is 0 Å². The molecule has 10 nitrogen and oxygen atoms in total. The number of Topliss-reactive ketones (excluding diaryl/α,β-unsaturated/α-hetero) is 1. The smallest absolute Gasteiger partial charge is 0.315 e. The zero-order chi connectivity index (χ0) is 17.3. The molecule has 0 unspecified atom stereocenters. The van der Waals surface area contributed by atoms with Crippen molar-refractivity contribution in [2.75, 3.05) is 0 Å². The van der Waals surface area contributed by atoms with E-state index < -0.39 is 11.2 Å². The number of aromatic nitrogens is 6. The lowest BCUT2D eigenvalue weighted by Crippen LogP contribution is -2.31. The maximum absolute atomic E-state index is 12.1. The molecule has 0 aromatic carbocycles. The van der Waals surface area contributed by atoms with Gasteiger partial charge >= 0.3 is 5.69 Å². The van der Waals surface area contributed by atoms with Crippen LogP contribution in [-0.4, -0.2) is 34.9 Å². The molecule has 0 spiro atoms. The van der Waals surface area contributed by atoms with Crippen molar-refractivity contribution < 1.29 is 4.79 Å². The number of carbonyl (C=O) groups is 1. The van der Waals surface area contributed by atoms with Crippen molar-refractivity contribution >= 4 is 16.9 Å². The van der Waals surface area contributed by atoms with Crippen molar-refractivity contribution in [3.05, 3.63) is 55.6 Å². The van der Waals surface area contributed by atoms with Gasteiger partial charge in [-0.25, -0.2) is 14.8 Å². The topological polar surface area (TPSA) is 136 Å². The maximum Gasteiger partial charge on any atom is 0.328 e. The second-order valence-electron chi connectivity index (χ2n) is 5.33. The van der Waals surface area contributed by atoms with E-state index in [1.807, 2.05) is 0 Å². The van der Waals surface area contributed by atoms with Gasteiger partial charge in [0.15, 0.2) is 11.2 Å². The third-order valence-electron chi connectivity index (χ3n) is 3.61. The summed E-state index contributed by atoms with van der Waals surface area (Å²) in [5.41, 5.74) is -0.606. The summed E-state index contributed by atoms with van der Waals surface area (Å²) >= 11 is 0. The molecule has 3 heterocycles. The zero-order valence-electron chi connectivity index (χ0n) is 12.8. The molecule has 124 valence electrons. The van der Waals surface area contributed by atoms with Crippen LogP contribution < -0.4 is 16.8 Å². The molecule has 0 aliphatic rings. The normalized spacial score (nSPS) is 11.0. The van der Waals surface area contributed by atoms with E-state index in [4.69, 9.17) is 0 Å². The molecule has 0 aliphatic carbocycles. The van der Waals surface area contributed by atoms with Crippen molar-refractivity contribution in [1.82, 2.24) is 29.1 Å². The molecule has 0 saturated carbocycles. The molecular formula is C14H14N6O4. The SMILES string of the molecule is Cn1cc(CC(=O)CCn2cnc3c(=O)[nH]cnc32)c(=O)[nH]c1=O. The van der Waals surface area contributed by atoms with E-state index in [0.29, 0.717) is 5.65 Å². The van der Waals surface area contributed by atoms with E-state index in [-0.39, 0.29) is 41.8 Å². The summed E-state index contributed by atoms with van der Waals surface area (Å²) in [6.07, 6.45) is 4.13. The number of fused-ring (bicyclic) bond motifs is 1. The average Bonchev–Trinajstić information content (AvgIpc) is 2.95. The number of H-pyrrole nitrogens is 2. The lowest BCUT2D eigenvalue weighted by atomic mass is 10.1. The Labute approximate surface area is 133 Å². The van der Waals surface area contributed by atoms with Gasteiger partial charge in [-0.2, -0.15) is 0 Å². The van der Waals surface area contributed by atoms with Gasteiger partial charge in [0.25, 0.3) is 11.1 Å². The molecule has 24 heavy (non-hydrogen) atoms. The van der Waals surface area contributed by atoms with Crippen molar-refractivity contribution in [1.29, 1.82) is 0 Å². The van der Waals surface area contributed by atoms with Gasteiger partial charge in [-0.3, -0.25) is 19.4 Å². The summed E-state index contributed by atoms with van der Waals surface area (Å²) < 4.78 is 2.82. The molecule has 0 amide bonds. The standard InChI is InChI=1S/C14H14N6O4/c1-19-5-8(12(22)18-14(19)24)4-9(21)2-3-20-7-17-10-11(20)15-6-16-13(10)23/h5-7H,2-4H2,1H3,(H,15,16,23)(H,18,22,24). The van der Waals surface area contributed by atoms with Crippen molar-refractivity contribution in [3.63, 3.8) is 0 Å². The molecule has 0 bridgehead atoms. The van der Waals surface area contributed by atoms with Gasteiger partial charge in [0, 0.05) is 38.2 Å². The summed E-state index contributed by atoms with van der Waals surface area (Å²) in [6, 6.07) is 0. The molecule has 0 fully saturated rings. The van der Waals surface area contributed by atoms with Crippen LogP contribution in [0.4, 0.5) is 0 Å². The first-order valence-corrected chi connectivity index (χ1v) is 7.15. The van der Waals surface area contributed by atoms with Crippen molar-refractivity contribution in [2.45, 2.75) is 19.4 Å². The molecule has 0 radical (unpaired) electrons. The first-order chi connectivity index (χ1) is 11.5. The minimum atomic E-state index is -0.562. The van der Waals surface area contributed by atoms with Gasteiger partial charge < -0.3 is 14.1 Å². The molecule has 3 aromatic rings. The minimum Gasteiger partial charge on any atom is -0.315 e. The van der Waals surface area contributed by atoms with E-state index in [0.717, 1.165) is 0 Å². The largest absolute Gasteiger partial charge is 0.328 e. The number of rotatable bonds is 5. The predicted molar refractivity (Wildman–Crippen MR) is 83.8 cm³/mol. The molecule has 0 saturated heterocycles. The number of hydrogen-bond donors (Lipinski definition) is 2. The quantitative estimate of drug-likeness (QED) is 0.597. The Morgan fingerprint density at radius 2 is 2.00 bits per heavy atom. The van der Waals surface area contributed by atoms with Gasteiger partial charge in [0.05, 0.1) is 12.7 Å². The van der Waals surface area contributed by atoms with Crippen LogP contribution >= 0.6 is 0 Å². The highest BCUT2D eigenvalue weighted by Crippen LogP contribution is 2.06. The van der Waals surface area contributed by atoms with E-state index in [9.17, 15) is 19.2 Å². The Balaban J connectivity index is 1.73. The molecule has 2 N–H and O–H groups in total. The van der Waals surface area contributed by atoms with Crippen LogP contribution in [0.1, 0.15) is 12.0 Å². The molecular weight excluding hydrogens is 316 g/mol. The number of nitrogens with zero attached hydrogens (tertiary/aromatic N) is 4. The van der Waals surface area contributed by atoms with Gasteiger partial charge in [-0.15, -0.1) is 0 Å². The van der Waals surface area contributed by atoms with Gasteiger partial charge in [0.1, 0.15) is 5.78 Å². The minimum absolute atomic E-state index is 0.0793. The number of carbonyl (C=O) groups excluding carboxylic acids is 1. The van der Waals surface area contributed by atoms with Crippen molar-refractivity contribution in [3.8, 4) is 0 Å². The second kappa shape index (κ2) is 6.07.